The van der Waals surface area contributed by atoms with E-state index in [1.807, 2.05) is 6.07 Å². The summed E-state index contributed by atoms with van der Waals surface area (Å²) >= 11 is 3.33. The van der Waals surface area contributed by atoms with Crippen molar-refractivity contribution in [1.82, 2.24) is 0 Å². The Bertz CT molecular complexity index is 731. The van der Waals surface area contributed by atoms with E-state index in [2.05, 4.69) is 26.6 Å². The average Bonchev–Trinajstić information content (AvgIpc) is 2.46. The quantitative estimate of drug-likeness (QED) is 0.878. The number of ether oxygens (including phenoxy) is 1. The second-order valence-corrected chi connectivity index (χ2v) is 5.43. The number of nitrogens with one attached hydrogen (secondary N) is 2. The Hall–Kier alpha value is -2.34. The molecule has 2 aromatic rings. The Balaban J connectivity index is 1.80. The van der Waals surface area contributed by atoms with Crippen LogP contribution in [-0.2, 0) is 4.79 Å². The fourth-order valence-electron chi connectivity index (χ4n) is 1.99. The predicted octanol–water partition coefficient (Wildman–Crippen LogP) is 3.03. The lowest BCUT2D eigenvalue weighted by Crippen LogP contribution is -2.25. The molecule has 0 fully saturated rings. The summed E-state index contributed by atoms with van der Waals surface area (Å²) in [5, 5.41) is 5.48. The fraction of sp³-hybridized carbons (Fsp3) is 0.0667. The highest BCUT2D eigenvalue weighted by Crippen LogP contribution is 2.30. The molecule has 0 saturated heterocycles. The van der Waals surface area contributed by atoms with E-state index in [4.69, 9.17) is 4.74 Å². The molecule has 0 bridgehead atoms. The molecule has 21 heavy (non-hydrogen) atoms. The molecule has 0 unspecified atom stereocenters. The van der Waals surface area contributed by atoms with Crippen molar-refractivity contribution in [3.05, 3.63) is 52.5 Å². The van der Waals surface area contributed by atoms with Crippen molar-refractivity contribution >= 4 is 39.1 Å². The highest BCUT2D eigenvalue weighted by molar-refractivity contribution is 9.10. The number of carbonyl (C=O) groups is 2. The van der Waals surface area contributed by atoms with Crippen molar-refractivity contribution in [2.75, 3.05) is 17.2 Å². The maximum atomic E-state index is 12.1. The maximum absolute atomic E-state index is 12.1. The first kappa shape index (κ1) is 13.6. The van der Waals surface area contributed by atoms with Gasteiger partial charge in [0.15, 0.2) is 6.61 Å². The van der Waals surface area contributed by atoms with Crippen molar-refractivity contribution in [2.24, 2.45) is 0 Å². The molecule has 6 heteroatoms. The van der Waals surface area contributed by atoms with Crippen LogP contribution in [0.25, 0.3) is 0 Å². The summed E-state index contributed by atoms with van der Waals surface area (Å²) in [5.74, 6) is 0.160. The first-order chi connectivity index (χ1) is 10.1. The lowest BCUT2D eigenvalue weighted by atomic mass is 10.2. The molecule has 2 aromatic carbocycles. The van der Waals surface area contributed by atoms with Crippen LogP contribution in [0, 0.1) is 0 Å². The van der Waals surface area contributed by atoms with E-state index in [0.29, 0.717) is 22.7 Å². The number of anilines is 2. The van der Waals surface area contributed by atoms with Gasteiger partial charge in [-0.25, -0.2) is 0 Å². The van der Waals surface area contributed by atoms with Crippen molar-refractivity contribution in [3.8, 4) is 5.75 Å². The van der Waals surface area contributed by atoms with Gasteiger partial charge in [0.1, 0.15) is 5.75 Å². The van der Waals surface area contributed by atoms with Crippen LogP contribution >= 0.6 is 15.9 Å². The van der Waals surface area contributed by atoms with Crippen LogP contribution in [0.5, 0.6) is 5.75 Å². The molecular weight excluding hydrogens is 336 g/mol. The molecule has 0 atom stereocenters. The second kappa shape index (κ2) is 5.57. The minimum absolute atomic E-state index is 0.0107. The Labute approximate surface area is 129 Å². The molecule has 0 aliphatic carbocycles. The number of amides is 2. The topological polar surface area (TPSA) is 67.4 Å². The van der Waals surface area contributed by atoms with Gasteiger partial charge in [-0.15, -0.1) is 0 Å². The number of halogens is 1. The van der Waals surface area contributed by atoms with Crippen molar-refractivity contribution in [3.63, 3.8) is 0 Å². The summed E-state index contributed by atoms with van der Waals surface area (Å²) in [5.41, 5.74) is 1.69. The molecule has 0 aromatic heterocycles. The minimum atomic E-state index is -0.223. The van der Waals surface area contributed by atoms with Gasteiger partial charge in [0.25, 0.3) is 11.8 Å². The summed E-state index contributed by atoms with van der Waals surface area (Å²) in [6, 6.07) is 12.2. The van der Waals surface area contributed by atoms with E-state index in [1.54, 1.807) is 36.4 Å². The smallest absolute Gasteiger partial charge is 0.262 e. The largest absolute Gasteiger partial charge is 0.482 e. The zero-order chi connectivity index (χ0) is 14.8. The van der Waals surface area contributed by atoms with Gasteiger partial charge in [0.2, 0.25) is 0 Å². The highest BCUT2D eigenvalue weighted by Gasteiger charge is 2.16. The van der Waals surface area contributed by atoms with Crippen LogP contribution in [0.15, 0.2) is 46.9 Å². The van der Waals surface area contributed by atoms with E-state index in [9.17, 15) is 9.59 Å². The van der Waals surface area contributed by atoms with Crippen molar-refractivity contribution < 1.29 is 14.3 Å². The first-order valence-corrected chi connectivity index (χ1v) is 7.05. The van der Waals surface area contributed by atoms with Crippen LogP contribution in [0.3, 0.4) is 0 Å². The van der Waals surface area contributed by atoms with Gasteiger partial charge in [-0.05, 0) is 36.4 Å². The minimum Gasteiger partial charge on any atom is -0.482 e. The van der Waals surface area contributed by atoms with Gasteiger partial charge < -0.3 is 15.4 Å². The lowest BCUT2D eigenvalue weighted by molar-refractivity contribution is -0.118. The molecular formula is C15H11BrN2O3. The number of hydrogen-bond donors (Lipinski definition) is 2. The zero-order valence-electron chi connectivity index (χ0n) is 10.9. The average molecular weight is 347 g/mol. The maximum Gasteiger partial charge on any atom is 0.262 e. The highest BCUT2D eigenvalue weighted by atomic mass is 79.9. The SMILES string of the molecule is O=C1COc2ccc(NC(=O)c3cccc(Br)c3)cc2N1. The van der Waals surface area contributed by atoms with E-state index in [1.165, 1.54) is 0 Å². The van der Waals surface area contributed by atoms with Gasteiger partial charge in [-0.1, -0.05) is 22.0 Å². The predicted molar refractivity (Wildman–Crippen MR) is 82.7 cm³/mol. The second-order valence-electron chi connectivity index (χ2n) is 4.51. The summed E-state index contributed by atoms with van der Waals surface area (Å²) in [6.07, 6.45) is 0. The molecule has 106 valence electrons. The molecule has 3 rings (SSSR count). The summed E-state index contributed by atoms with van der Waals surface area (Å²) < 4.78 is 6.10. The van der Waals surface area contributed by atoms with Crippen molar-refractivity contribution in [2.45, 2.75) is 0 Å². The summed E-state index contributed by atoms with van der Waals surface area (Å²) in [7, 11) is 0. The van der Waals surface area contributed by atoms with Crippen LogP contribution in [-0.4, -0.2) is 18.4 Å². The molecule has 5 nitrogen and oxygen atoms in total. The standard InChI is InChI=1S/C15H11BrN2O3/c16-10-3-1-2-9(6-10)15(20)17-11-4-5-13-12(7-11)18-14(19)8-21-13/h1-7H,8H2,(H,17,20)(H,18,19). The third-order valence-corrected chi connectivity index (χ3v) is 3.45. The Morgan fingerprint density at radius 1 is 1.24 bits per heavy atom. The molecule has 1 heterocycles. The first-order valence-electron chi connectivity index (χ1n) is 6.25. The van der Waals surface area contributed by atoms with E-state index in [-0.39, 0.29) is 18.4 Å². The lowest BCUT2D eigenvalue weighted by Gasteiger charge is -2.18. The van der Waals surface area contributed by atoms with Crippen LogP contribution < -0.4 is 15.4 Å². The number of carbonyl (C=O) groups excluding carboxylic acids is 2. The normalized spacial score (nSPS) is 12.9. The Kier molecular flexibility index (Phi) is 3.62. The number of rotatable bonds is 2. The summed E-state index contributed by atoms with van der Waals surface area (Å²) in [6.45, 7) is 0.0107. The molecule has 2 amide bonds. The van der Waals surface area contributed by atoms with Crippen LogP contribution in [0.1, 0.15) is 10.4 Å². The number of hydrogen-bond acceptors (Lipinski definition) is 3. The summed E-state index contributed by atoms with van der Waals surface area (Å²) in [4.78, 5) is 23.4. The Morgan fingerprint density at radius 3 is 2.90 bits per heavy atom. The fourth-order valence-corrected chi connectivity index (χ4v) is 2.39. The molecule has 2 N–H and O–H groups in total. The Morgan fingerprint density at radius 2 is 2.10 bits per heavy atom. The molecule has 1 aliphatic heterocycles. The van der Waals surface area contributed by atoms with E-state index < -0.39 is 0 Å². The zero-order valence-corrected chi connectivity index (χ0v) is 12.4. The van der Waals surface area contributed by atoms with E-state index in [0.717, 1.165) is 4.47 Å². The monoisotopic (exact) mass is 346 g/mol. The van der Waals surface area contributed by atoms with Crippen molar-refractivity contribution in [1.29, 1.82) is 0 Å². The molecule has 0 saturated carbocycles. The van der Waals surface area contributed by atoms with E-state index >= 15 is 0 Å². The number of benzene rings is 2. The molecule has 0 spiro atoms. The van der Waals surface area contributed by atoms with Crippen LogP contribution in [0.4, 0.5) is 11.4 Å². The van der Waals surface area contributed by atoms with Gasteiger partial charge in [0.05, 0.1) is 5.69 Å². The molecule has 0 radical (unpaired) electrons. The third-order valence-electron chi connectivity index (χ3n) is 2.96. The van der Waals surface area contributed by atoms with Gasteiger partial charge in [-0.2, -0.15) is 0 Å². The van der Waals surface area contributed by atoms with Gasteiger partial charge >= 0.3 is 0 Å². The molecule has 1 aliphatic rings. The number of fused-ring (bicyclic) bond motifs is 1. The van der Waals surface area contributed by atoms with Gasteiger partial charge in [-0.3, -0.25) is 9.59 Å². The third kappa shape index (κ3) is 3.05. The van der Waals surface area contributed by atoms with Gasteiger partial charge in [0, 0.05) is 15.7 Å². The van der Waals surface area contributed by atoms with Crippen LogP contribution in [0.2, 0.25) is 0 Å².